The molecule has 1 heterocycles. The van der Waals surface area contributed by atoms with Crippen molar-refractivity contribution in [3.63, 3.8) is 0 Å². The SMILES string of the molecule is CN=C(NCc1ccc(OC)cc1)NCc1sc(-c2ccccc2)nc1C.I. The van der Waals surface area contributed by atoms with Gasteiger partial charge in [-0.1, -0.05) is 42.5 Å². The maximum absolute atomic E-state index is 5.19. The summed E-state index contributed by atoms with van der Waals surface area (Å²) in [6, 6.07) is 18.3. The second-order valence-corrected chi connectivity index (χ2v) is 7.10. The Bertz CT molecular complexity index is 895. The van der Waals surface area contributed by atoms with Gasteiger partial charge in [-0.15, -0.1) is 35.3 Å². The van der Waals surface area contributed by atoms with Crippen molar-refractivity contribution in [2.45, 2.75) is 20.0 Å². The first-order valence-electron chi connectivity index (χ1n) is 8.78. The van der Waals surface area contributed by atoms with Crippen LogP contribution in [0.1, 0.15) is 16.1 Å². The van der Waals surface area contributed by atoms with Crippen LogP contribution in [0.2, 0.25) is 0 Å². The van der Waals surface area contributed by atoms with Crippen LogP contribution in [0.25, 0.3) is 10.6 Å². The zero-order chi connectivity index (χ0) is 19.1. The number of aromatic nitrogens is 1. The number of hydrogen-bond acceptors (Lipinski definition) is 4. The molecule has 0 radical (unpaired) electrons. The minimum absolute atomic E-state index is 0. The van der Waals surface area contributed by atoms with E-state index in [1.54, 1.807) is 25.5 Å². The second-order valence-electron chi connectivity index (χ2n) is 6.02. The molecule has 0 amide bonds. The summed E-state index contributed by atoms with van der Waals surface area (Å²) < 4.78 is 5.19. The third kappa shape index (κ3) is 5.93. The lowest BCUT2D eigenvalue weighted by Crippen LogP contribution is -2.36. The van der Waals surface area contributed by atoms with E-state index >= 15 is 0 Å². The molecule has 3 aromatic rings. The fourth-order valence-corrected chi connectivity index (χ4v) is 3.62. The highest BCUT2D eigenvalue weighted by atomic mass is 127. The van der Waals surface area contributed by atoms with Crippen molar-refractivity contribution in [1.29, 1.82) is 0 Å². The van der Waals surface area contributed by atoms with Crippen molar-refractivity contribution in [3.05, 3.63) is 70.7 Å². The van der Waals surface area contributed by atoms with Crippen LogP contribution in [0.5, 0.6) is 5.75 Å². The van der Waals surface area contributed by atoms with Crippen molar-refractivity contribution in [2.75, 3.05) is 14.2 Å². The van der Waals surface area contributed by atoms with Gasteiger partial charge in [0.1, 0.15) is 10.8 Å². The normalized spacial score (nSPS) is 10.9. The van der Waals surface area contributed by atoms with Crippen molar-refractivity contribution in [2.24, 2.45) is 4.99 Å². The van der Waals surface area contributed by atoms with Crippen LogP contribution in [0, 0.1) is 6.92 Å². The first kappa shape index (κ1) is 22.2. The summed E-state index contributed by atoms with van der Waals surface area (Å²) in [5.74, 6) is 1.62. The van der Waals surface area contributed by atoms with Crippen LogP contribution in [-0.4, -0.2) is 25.1 Å². The predicted molar refractivity (Wildman–Crippen MR) is 128 cm³/mol. The Labute approximate surface area is 187 Å². The van der Waals surface area contributed by atoms with Crippen LogP contribution in [0.3, 0.4) is 0 Å². The molecule has 0 saturated carbocycles. The van der Waals surface area contributed by atoms with E-state index in [-0.39, 0.29) is 24.0 Å². The Morgan fingerprint density at radius 3 is 2.36 bits per heavy atom. The number of ether oxygens (including phenoxy) is 1. The lowest BCUT2D eigenvalue weighted by atomic mass is 10.2. The largest absolute Gasteiger partial charge is 0.497 e. The zero-order valence-electron chi connectivity index (χ0n) is 16.2. The number of guanidine groups is 1. The van der Waals surface area contributed by atoms with E-state index in [2.05, 4.69) is 27.8 Å². The molecule has 0 aliphatic carbocycles. The second kappa shape index (κ2) is 11.0. The fourth-order valence-electron chi connectivity index (χ4n) is 2.61. The van der Waals surface area contributed by atoms with Gasteiger partial charge in [-0.25, -0.2) is 4.98 Å². The molecule has 0 fully saturated rings. The summed E-state index contributed by atoms with van der Waals surface area (Å²) in [6.45, 7) is 3.44. The van der Waals surface area contributed by atoms with Crippen LogP contribution in [-0.2, 0) is 13.1 Å². The van der Waals surface area contributed by atoms with E-state index in [0.717, 1.165) is 28.0 Å². The minimum atomic E-state index is 0. The number of halogens is 1. The average molecular weight is 508 g/mol. The van der Waals surface area contributed by atoms with Crippen molar-refractivity contribution >= 4 is 41.3 Å². The molecule has 3 rings (SSSR count). The van der Waals surface area contributed by atoms with Gasteiger partial charge >= 0.3 is 0 Å². The Morgan fingerprint density at radius 1 is 1.04 bits per heavy atom. The Morgan fingerprint density at radius 2 is 1.71 bits per heavy atom. The summed E-state index contributed by atoms with van der Waals surface area (Å²) in [4.78, 5) is 10.2. The highest BCUT2D eigenvalue weighted by Crippen LogP contribution is 2.27. The summed E-state index contributed by atoms with van der Waals surface area (Å²) in [5.41, 5.74) is 3.37. The molecule has 1 aromatic heterocycles. The van der Waals surface area contributed by atoms with Crippen LogP contribution >= 0.6 is 35.3 Å². The lowest BCUT2D eigenvalue weighted by Gasteiger charge is -2.11. The third-order valence-corrected chi connectivity index (χ3v) is 5.38. The Hall–Kier alpha value is -2.13. The number of benzene rings is 2. The maximum Gasteiger partial charge on any atom is 0.191 e. The Balaban J connectivity index is 0.00000280. The van der Waals surface area contributed by atoms with E-state index in [0.29, 0.717) is 13.1 Å². The first-order valence-corrected chi connectivity index (χ1v) is 9.60. The molecule has 7 heteroatoms. The van der Waals surface area contributed by atoms with Gasteiger partial charge in [0, 0.05) is 24.0 Å². The predicted octanol–water partition coefficient (Wildman–Crippen LogP) is 4.61. The molecular weight excluding hydrogens is 483 g/mol. The molecule has 2 N–H and O–H groups in total. The molecule has 28 heavy (non-hydrogen) atoms. The minimum Gasteiger partial charge on any atom is -0.497 e. The molecule has 2 aromatic carbocycles. The molecule has 0 atom stereocenters. The van der Waals surface area contributed by atoms with E-state index < -0.39 is 0 Å². The van der Waals surface area contributed by atoms with Gasteiger partial charge in [-0.3, -0.25) is 4.99 Å². The van der Waals surface area contributed by atoms with Gasteiger partial charge in [0.15, 0.2) is 5.96 Å². The number of nitrogens with one attached hydrogen (secondary N) is 2. The molecule has 0 bridgehead atoms. The first-order chi connectivity index (χ1) is 13.2. The van der Waals surface area contributed by atoms with Crippen LogP contribution < -0.4 is 15.4 Å². The van der Waals surface area contributed by atoms with E-state index in [9.17, 15) is 0 Å². The molecule has 0 spiro atoms. The van der Waals surface area contributed by atoms with Gasteiger partial charge in [0.25, 0.3) is 0 Å². The molecule has 148 valence electrons. The van der Waals surface area contributed by atoms with Crippen LogP contribution in [0.4, 0.5) is 0 Å². The smallest absolute Gasteiger partial charge is 0.191 e. The van der Waals surface area contributed by atoms with Gasteiger partial charge in [-0.05, 0) is 24.6 Å². The number of hydrogen-bond donors (Lipinski definition) is 2. The fraction of sp³-hybridized carbons (Fsp3) is 0.238. The lowest BCUT2D eigenvalue weighted by molar-refractivity contribution is 0.414. The van der Waals surface area contributed by atoms with Crippen molar-refractivity contribution in [3.8, 4) is 16.3 Å². The summed E-state index contributed by atoms with van der Waals surface area (Å²) >= 11 is 1.71. The molecule has 0 aliphatic heterocycles. The maximum atomic E-state index is 5.19. The van der Waals surface area contributed by atoms with E-state index in [1.165, 1.54) is 10.4 Å². The zero-order valence-corrected chi connectivity index (χ0v) is 19.4. The number of methoxy groups -OCH3 is 1. The van der Waals surface area contributed by atoms with Crippen LogP contribution in [0.15, 0.2) is 59.6 Å². The molecular formula is C21H25IN4OS. The summed E-state index contributed by atoms with van der Waals surface area (Å²) in [7, 11) is 3.45. The number of aliphatic imine (C=N–C) groups is 1. The number of thiazole rings is 1. The highest BCUT2D eigenvalue weighted by Gasteiger charge is 2.10. The van der Waals surface area contributed by atoms with Crippen molar-refractivity contribution in [1.82, 2.24) is 15.6 Å². The highest BCUT2D eigenvalue weighted by molar-refractivity contribution is 14.0. The molecule has 0 saturated heterocycles. The topological polar surface area (TPSA) is 58.5 Å². The van der Waals surface area contributed by atoms with Gasteiger partial charge < -0.3 is 15.4 Å². The van der Waals surface area contributed by atoms with Gasteiger partial charge in [-0.2, -0.15) is 0 Å². The average Bonchev–Trinajstić information content (AvgIpc) is 3.10. The molecule has 0 unspecified atom stereocenters. The summed E-state index contributed by atoms with van der Waals surface area (Å²) in [6.07, 6.45) is 0. The number of nitrogens with zero attached hydrogens (tertiary/aromatic N) is 2. The van der Waals surface area contributed by atoms with Gasteiger partial charge in [0.2, 0.25) is 0 Å². The quantitative estimate of drug-likeness (QED) is 0.290. The monoisotopic (exact) mass is 508 g/mol. The van der Waals surface area contributed by atoms with Crippen molar-refractivity contribution < 1.29 is 4.74 Å². The van der Waals surface area contributed by atoms with E-state index in [1.807, 2.05) is 49.4 Å². The third-order valence-electron chi connectivity index (χ3n) is 4.17. The molecule has 5 nitrogen and oxygen atoms in total. The number of rotatable bonds is 6. The standard InChI is InChI=1S/C21H24N4OS.HI/c1-15-19(27-20(25-15)17-7-5-4-6-8-17)14-24-21(22-2)23-13-16-9-11-18(26-3)12-10-16;/h4-12H,13-14H2,1-3H3,(H2,22,23,24);1H. The van der Waals surface area contributed by atoms with Gasteiger partial charge in [0.05, 0.1) is 19.3 Å². The number of aryl methyl sites for hydroxylation is 1. The Kier molecular flexibility index (Phi) is 8.72. The summed E-state index contributed by atoms with van der Waals surface area (Å²) in [5, 5.41) is 7.75. The molecule has 0 aliphatic rings. The van der Waals surface area contributed by atoms with E-state index in [4.69, 9.17) is 9.72 Å².